The summed E-state index contributed by atoms with van der Waals surface area (Å²) in [6.45, 7) is 0.434. The summed E-state index contributed by atoms with van der Waals surface area (Å²) in [5, 5.41) is 29.2. The Hall–Kier alpha value is -2.95. The summed E-state index contributed by atoms with van der Waals surface area (Å²) in [5.74, 6) is -0.192. The second kappa shape index (κ2) is 5.58. The molecule has 1 heterocycles. The van der Waals surface area contributed by atoms with Gasteiger partial charge in [-0.15, -0.1) is 0 Å². The maximum Gasteiger partial charge on any atom is 0.162 e. The molecule has 0 aliphatic carbocycles. The van der Waals surface area contributed by atoms with Gasteiger partial charge in [0.1, 0.15) is 0 Å². The topological polar surface area (TPSA) is 81.2 Å². The molecule has 2 aromatic carbocycles. The van der Waals surface area contributed by atoms with E-state index >= 15 is 0 Å². The van der Waals surface area contributed by atoms with Gasteiger partial charge < -0.3 is 15.5 Å². The highest BCUT2D eigenvalue weighted by Gasteiger charge is 2.05. The number of hydrogen-bond acceptors (Lipinski definition) is 4. The lowest BCUT2D eigenvalue weighted by atomic mass is 10.1. The molecule has 0 saturated heterocycles. The van der Waals surface area contributed by atoms with Crippen LogP contribution < -0.4 is 5.32 Å². The number of hydrogen-bond donors (Lipinski definition) is 4. The molecule has 1 aromatic heterocycles. The van der Waals surface area contributed by atoms with Crippen LogP contribution in [0.3, 0.4) is 0 Å². The molecule has 0 amide bonds. The number of nitrogens with zero attached hydrogens (tertiary/aromatic N) is 1. The van der Waals surface area contributed by atoms with Crippen molar-refractivity contribution in [3.8, 4) is 22.8 Å². The summed E-state index contributed by atoms with van der Waals surface area (Å²) in [5.41, 5.74) is 3.60. The number of phenolic OH excluding ortho intramolecular Hbond substituents is 2. The summed E-state index contributed by atoms with van der Waals surface area (Å²) < 4.78 is 0. The zero-order chi connectivity index (χ0) is 14.7. The molecule has 5 nitrogen and oxygen atoms in total. The highest BCUT2D eigenvalue weighted by molar-refractivity contribution is 5.62. The molecule has 3 rings (SSSR count). The SMILES string of the molecule is Oc1cccc(CNc2ccc(-c3ccn[nH]3)cc2)c1O. The van der Waals surface area contributed by atoms with Gasteiger partial charge in [-0.3, -0.25) is 5.10 Å². The third-order valence-electron chi connectivity index (χ3n) is 3.28. The van der Waals surface area contributed by atoms with Gasteiger partial charge in [0.15, 0.2) is 11.5 Å². The first-order valence-corrected chi connectivity index (χ1v) is 6.57. The number of nitrogens with one attached hydrogen (secondary N) is 2. The molecule has 0 saturated carbocycles. The Bertz CT molecular complexity index is 722. The molecule has 5 heteroatoms. The minimum Gasteiger partial charge on any atom is -0.504 e. The Kier molecular flexibility index (Phi) is 3.47. The second-order valence-electron chi connectivity index (χ2n) is 4.69. The maximum atomic E-state index is 9.74. The first-order chi connectivity index (χ1) is 10.2. The molecular weight excluding hydrogens is 266 g/mol. The largest absolute Gasteiger partial charge is 0.504 e. The molecule has 4 N–H and O–H groups in total. The summed E-state index contributed by atoms with van der Waals surface area (Å²) in [4.78, 5) is 0. The Morgan fingerprint density at radius 3 is 2.52 bits per heavy atom. The van der Waals surface area contributed by atoms with Crippen molar-refractivity contribution < 1.29 is 10.2 Å². The standard InChI is InChI=1S/C16H15N3O2/c20-15-3-1-2-12(16(15)21)10-17-13-6-4-11(5-7-13)14-8-9-18-19-14/h1-9,17,20-21H,10H2,(H,18,19). The molecular formula is C16H15N3O2. The molecule has 0 aliphatic heterocycles. The number of aromatic hydroxyl groups is 2. The van der Waals surface area contributed by atoms with Gasteiger partial charge in [-0.05, 0) is 29.8 Å². The lowest BCUT2D eigenvalue weighted by Gasteiger charge is -2.09. The molecule has 0 atom stereocenters. The molecule has 3 aromatic rings. The third kappa shape index (κ3) is 2.81. The van der Waals surface area contributed by atoms with Gasteiger partial charge >= 0.3 is 0 Å². The average Bonchev–Trinajstić information content (AvgIpc) is 3.04. The lowest BCUT2D eigenvalue weighted by Crippen LogP contribution is -1.99. The van der Waals surface area contributed by atoms with Crippen LogP contribution in [0.4, 0.5) is 5.69 Å². The molecule has 0 unspecified atom stereocenters. The second-order valence-corrected chi connectivity index (χ2v) is 4.69. The number of aromatic amines is 1. The van der Waals surface area contributed by atoms with E-state index in [9.17, 15) is 10.2 Å². The third-order valence-corrected chi connectivity index (χ3v) is 3.28. The first-order valence-electron chi connectivity index (χ1n) is 6.57. The number of rotatable bonds is 4. The molecule has 0 bridgehead atoms. The van der Waals surface area contributed by atoms with Crippen LogP contribution in [0.5, 0.6) is 11.5 Å². The fraction of sp³-hybridized carbons (Fsp3) is 0.0625. The zero-order valence-electron chi connectivity index (χ0n) is 11.2. The number of aromatic nitrogens is 2. The summed E-state index contributed by atoms with van der Waals surface area (Å²) in [6.07, 6.45) is 1.71. The van der Waals surface area contributed by atoms with E-state index in [0.29, 0.717) is 12.1 Å². The van der Waals surface area contributed by atoms with Crippen LogP contribution in [0.2, 0.25) is 0 Å². The van der Waals surface area contributed by atoms with Gasteiger partial charge in [-0.2, -0.15) is 5.10 Å². The molecule has 21 heavy (non-hydrogen) atoms. The first kappa shape index (κ1) is 13.1. The monoisotopic (exact) mass is 281 g/mol. The quantitative estimate of drug-likeness (QED) is 0.554. The minimum absolute atomic E-state index is 0.0842. The highest BCUT2D eigenvalue weighted by atomic mass is 16.3. The Balaban J connectivity index is 1.70. The minimum atomic E-state index is -0.108. The van der Waals surface area contributed by atoms with Gasteiger partial charge in [-0.25, -0.2) is 0 Å². The van der Waals surface area contributed by atoms with Crippen LogP contribution in [0, 0.1) is 0 Å². The molecule has 0 aliphatic rings. The van der Waals surface area contributed by atoms with Gasteiger partial charge in [0.2, 0.25) is 0 Å². The van der Waals surface area contributed by atoms with E-state index in [1.165, 1.54) is 6.07 Å². The fourth-order valence-electron chi connectivity index (χ4n) is 2.10. The van der Waals surface area contributed by atoms with Crippen molar-refractivity contribution in [1.82, 2.24) is 10.2 Å². The van der Waals surface area contributed by atoms with Crippen LogP contribution in [0.15, 0.2) is 54.7 Å². The zero-order valence-corrected chi connectivity index (χ0v) is 11.2. The Morgan fingerprint density at radius 1 is 1.00 bits per heavy atom. The predicted octanol–water partition coefficient (Wildman–Crippen LogP) is 3.10. The number of para-hydroxylation sites is 1. The summed E-state index contributed by atoms with van der Waals surface area (Å²) in [7, 11) is 0. The van der Waals surface area contributed by atoms with E-state index in [4.69, 9.17) is 0 Å². The van der Waals surface area contributed by atoms with Gasteiger partial charge in [0.05, 0.1) is 5.69 Å². The van der Waals surface area contributed by atoms with Crippen molar-refractivity contribution in [3.63, 3.8) is 0 Å². The van der Waals surface area contributed by atoms with Crippen molar-refractivity contribution in [2.45, 2.75) is 6.54 Å². The van der Waals surface area contributed by atoms with Crippen LogP contribution >= 0.6 is 0 Å². The van der Waals surface area contributed by atoms with Crippen molar-refractivity contribution in [1.29, 1.82) is 0 Å². The van der Waals surface area contributed by atoms with Crippen molar-refractivity contribution in [2.75, 3.05) is 5.32 Å². The van der Waals surface area contributed by atoms with E-state index in [1.807, 2.05) is 30.3 Å². The van der Waals surface area contributed by atoms with E-state index in [2.05, 4.69) is 15.5 Å². The fourth-order valence-corrected chi connectivity index (χ4v) is 2.10. The smallest absolute Gasteiger partial charge is 0.162 e. The van der Waals surface area contributed by atoms with E-state index in [1.54, 1.807) is 18.3 Å². The van der Waals surface area contributed by atoms with Crippen LogP contribution in [0.25, 0.3) is 11.3 Å². The molecule has 0 radical (unpaired) electrons. The van der Waals surface area contributed by atoms with Crippen molar-refractivity contribution >= 4 is 5.69 Å². The Labute approximate surface area is 121 Å². The number of H-pyrrole nitrogens is 1. The maximum absolute atomic E-state index is 9.74. The van der Waals surface area contributed by atoms with Gasteiger partial charge in [0.25, 0.3) is 0 Å². The van der Waals surface area contributed by atoms with E-state index < -0.39 is 0 Å². The summed E-state index contributed by atoms with van der Waals surface area (Å²) in [6, 6.07) is 14.7. The van der Waals surface area contributed by atoms with Crippen molar-refractivity contribution in [3.05, 3.63) is 60.3 Å². The van der Waals surface area contributed by atoms with Crippen LogP contribution in [0.1, 0.15) is 5.56 Å². The van der Waals surface area contributed by atoms with Gasteiger partial charge in [0, 0.05) is 24.0 Å². The molecule has 0 fully saturated rings. The van der Waals surface area contributed by atoms with Crippen molar-refractivity contribution in [2.24, 2.45) is 0 Å². The molecule has 106 valence electrons. The van der Waals surface area contributed by atoms with E-state index in [-0.39, 0.29) is 11.5 Å². The number of benzene rings is 2. The number of anilines is 1. The predicted molar refractivity (Wildman–Crippen MR) is 81.1 cm³/mol. The lowest BCUT2D eigenvalue weighted by molar-refractivity contribution is 0.400. The Morgan fingerprint density at radius 2 is 1.81 bits per heavy atom. The normalized spacial score (nSPS) is 10.5. The highest BCUT2D eigenvalue weighted by Crippen LogP contribution is 2.28. The van der Waals surface area contributed by atoms with E-state index in [0.717, 1.165) is 16.9 Å². The average molecular weight is 281 g/mol. The van der Waals surface area contributed by atoms with Gasteiger partial charge in [-0.1, -0.05) is 24.3 Å². The number of phenols is 2. The van der Waals surface area contributed by atoms with Crippen LogP contribution in [-0.2, 0) is 6.54 Å². The van der Waals surface area contributed by atoms with Crippen LogP contribution in [-0.4, -0.2) is 20.4 Å². The summed E-state index contributed by atoms with van der Waals surface area (Å²) >= 11 is 0. The molecule has 0 spiro atoms.